The molecule has 1 unspecified atom stereocenters. The van der Waals surface area contributed by atoms with Crippen molar-refractivity contribution in [1.82, 2.24) is 9.62 Å². The summed E-state index contributed by atoms with van der Waals surface area (Å²) in [6.07, 6.45) is 0.901. The Hall–Kier alpha value is -0.430. The van der Waals surface area contributed by atoms with Crippen LogP contribution in [-0.4, -0.2) is 38.4 Å². The van der Waals surface area contributed by atoms with Crippen molar-refractivity contribution in [2.24, 2.45) is 0 Å². The second-order valence-electron chi connectivity index (χ2n) is 3.79. The van der Waals surface area contributed by atoms with E-state index in [4.69, 9.17) is 0 Å². The lowest BCUT2D eigenvalue weighted by molar-refractivity contribution is 0.349. The zero-order valence-electron chi connectivity index (χ0n) is 9.22. The Morgan fingerprint density at radius 2 is 2.44 bits per heavy atom. The van der Waals surface area contributed by atoms with Crippen molar-refractivity contribution in [3.63, 3.8) is 0 Å². The van der Waals surface area contributed by atoms with E-state index in [1.165, 1.54) is 11.3 Å². The number of nitrogens with zero attached hydrogens (tertiary/aromatic N) is 1. The van der Waals surface area contributed by atoms with E-state index in [9.17, 15) is 8.42 Å². The van der Waals surface area contributed by atoms with Crippen molar-refractivity contribution in [2.45, 2.75) is 23.6 Å². The van der Waals surface area contributed by atoms with Crippen molar-refractivity contribution in [2.75, 3.05) is 19.6 Å². The maximum Gasteiger partial charge on any atom is 0.252 e. The minimum Gasteiger partial charge on any atom is -0.315 e. The van der Waals surface area contributed by atoms with Crippen molar-refractivity contribution in [3.05, 3.63) is 17.5 Å². The number of likely N-dealkylation sites (N-methyl/N-ethyl adjacent to an activating group) is 1. The fourth-order valence-electron chi connectivity index (χ4n) is 2.04. The summed E-state index contributed by atoms with van der Waals surface area (Å²) in [5.74, 6) is 0. The van der Waals surface area contributed by atoms with Crippen molar-refractivity contribution in [3.8, 4) is 0 Å². The third-order valence-corrected chi connectivity index (χ3v) is 6.21. The van der Waals surface area contributed by atoms with Gasteiger partial charge in [-0.15, -0.1) is 11.3 Å². The van der Waals surface area contributed by atoms with Gasteiger partial charge in [0.05, 0.1) is 0 Å². The Morgan fingerprint density at radius 1 is 1.62 bits per heavy atom. The highest BCUT2D eigenvalue weighted by atomic mass is 32.2. The average Bonchev–Trinajstić information content (AvgIpc) is 2.91. The molecule has 1 fully saturated rings. The molecule has 1 aliphatic heterocycles. The molecule has 90 valence electrons. The van der Waals surface area contributed by atoms with E-state index in [1.807, 2.05) is 6.92 Å². The van der Waals surface area contributed by atoms with Crippen LogP contribution >= 0.6 is 11.3 Å². The molecule has 1 aliphatic rings. The lowest BCUT2D eigenvalue weighted by Gasteiger charge is -2.25. The maximum atomic E-state index is 12.3. The number of hydrogen-bond acceptors (Lipinski definition) is 4. The smallest absolute Gasteiger partial charge is 0.252 e. The fraction of sp³-hybridized carbons (Fsp3) is 0.600. The van der Waals surface area contributed by atoms with Gasteiger partial charge in [-0.3, -0.25) is 0 Å². The van der Waals surface area contributed by atoms with Crippen LogP contribution in [0.15, 0.2) is 21.7 Å². The van der Waals surface area contributed by atoms with Gasteiger partial charge in [0.1, 0.15) is 4.21 Å². The van der Waals surface area contributed by atoms with Gasteiger partial charge in [-0.2, -0.15) is 4.31 Å². The Balaban J connectivity index is 2.26. The second kappa shape index (κ2) is 4.83. The molecule has 4 nitrogen and oxygen atoms in total. The van der Waals surface area contributed by atoms with E-state index in [-0.39, 0.29) is 6.04 Å². The molecule has 0 amide bonds. The molecular formula is C10H16N2O2S2. The van der Waals surface area contributed by atoms with Crippen LogP contribution in [0.5, 0.6) is 0 Å². The summed E-state index contributed by atoms with van der Waals surface area (Å²) in [4.78, 5) is 0. The molecule has 1 saturated heterocycles. The number of sulfonamides is 1. The molecule has 0 aromatic carbocycles. The second-order valence-corrected chi connectivity index (χ2v) is 6.85. The third kappa shape index (κ3) is 2.15. The van der Waals surface area contributed by atoms with E-state index >= 15 is 0 Å². The first kappa shape index (κ1) is 12.0. The van der Waals surface area contributed by atoms with Crippen LogP contribution < -0.4 is 5.32 Å². The molecule has 2 rings (SSSR count). The lowest BCUT2D eigenvalue weighted by atomic mass is 10.3. The van der Waals surface area contributed by atoms with Crippen LogP contribution in [0.25, 0.3) is 0 Å². The molecule has 6 heteroatoms. The minimum atomic E-state index is -3.28. The van der Waals surface area contributed by atoms with E-state index in [0.29, 0.717) is 10.8 Å². The molecule has 0 bridgehead atoms. The average molecular weight is 260 g/mol. The first-order valence-corrected chi connectivity index (χ1v) is 7.74. The summed E-state index contributed by atoms with van der Waals surface area (Å²) in [6, 6.07) is 3.56. The standard InChI is InChI=1S/C10H16N2O2S2/c1-2-12(9-5-6-11-8-9)16(13,14)10-4-3-7-15-10/h3-4,7,9,11H,2,5-6,8H2,1H3. The zero-order chi connectivity index (χ0) is 11.6. The van der Waals surface area contributed by atoms with Gasteiger partial charge in [0.25, 0.3) is 10.0 Å². The fourth-order valence-corrected chi connectivity index (χ4v) is 4.82. The topological polar surface area (TPSA) is 49.4 Å². The molecule has 1 aromatic rings. The molecule has 1 aromatic heterocycles. The highest BCUT2D eigenvalue weighted by molar-refractivity contribution is 7.91. The number of nitrogens with one attached hydrogen (secondary N) is 1. The molecule has 1 N–H and O–H groups in total. The molecule has 0 aliphatic carbocycles. The van der Waals surface area contributed by atoms with Crippen molar-refractivity contribution >= 4 is 21.4 Å². The van der Waals surface area contributed by atoms with Crippen LogP contribution in [0.4, 0.5) is 0 Å². The van der Waals surface area contributed by atoms with E-state index in [1.54, 1.807) is 21.8 Å². The third-order valence-electron chi connectivity index (χ3n) is 2.81. The SMILES string of the molecule is CCN(C1CCNC1)S(=O)(=O)c1cccs1. The normalized spacial score (nSPS) is 21.8. The molecule has 1 atom stereocenters. The lowest BCUT2D eigenvalue weighted by Crippen LogP contribution is -2.41. The monoisotopic (exact) mass is 260 g/mol. The molecule has 0 spiro atoms. The first-order chi connectivity index (χ1) is 7.66. The Morgan fingerprint density at radius 3 is 2.94 bits per heavy atom. The van der Waals surface area contributed by atoms with Gasteiger partial charge in [0.15, 0.2) is 0 Å². The van der Waals surface area contributed by atoms with E-state index < -0.39 is 10.0 Å². The van der Waals surface area contributed by atoms with Gasteiger partial charge in [-0.05, 0) is 24.4 Å². The minimum absolute atomic E-state index is 0.108. The largest absolute Gasteiger partial charge is 0.315 e. The summed E-state index contributed by atoms with van der Waals surface area (Å²) >= 11 is 1.28. The molecule has 2 heterocycles. The number of rotatable bonds is 4. The van der Waals surface area contributed by atoms with E-state index in [0.717, 1.165) is 19.5 Å². The number of hydrogen-bond donors (Lipinski definition) is 1. The molecule has 0 radical (unpaired) electrons. The molecule has 0 saturated carbocycles. The Labute approximate surface area is 100 Å². The molecule has 16 heavy (non-hydrogen) atoms. The summed E-state index contributed by atoms with van der Waals surface area (Å²) < 4.78 is 26.7. The zero-order valence-corrected chi connectivity index (χ0v) is 10.9. The summed E-state index contributed by atoms with van der Waals surface area (Å²) in [6.45, 7) is 4.09. The van der Waals surface area contributed by atoms with Gasteiger partial charge in [-0.1, -0.05) is 13.0 Å². The van der Waals surface area contributed by atoms with Gasteiger partial charge in [0, 0.05) is 19.1 Å². The highest BCUT2D eigenvalue weighted by Gasteiger charge is 2.32. The van der Waals surface area contributed by atoms with Crippen molar-refractivity contribution < 1.29 is 8.42 Å². The summed E-state index contributed by atoms with van der Waals surface area (Å²) in [7, 11) is -3.28. The van der Waals surface area contributed by atoms with Crippen LogP contribution in [-0.2, 0) is 10.0 Å². The molecular weight excluding hydrogens is 244 g/mol. The van der Waals surface area contributed by atoms with Gasteiger partial charge < -0.3 is 5.32 Å². The van der Waals surface area contributed by atoms with Crippen LogP contribution in [0, 0.1) is 0 Å². The predicted octanol–water partition coefficient (Wildman–Crippen LogP) is 1.12. The summed E-state index contributed by atoms with van der Waals surface area (Å²) in [5.41, 5.74) is 0. The summed E-state index contributed by atoms with van der Waals surface area (Å²) in [5, 5.41) is 5.00. The van der Waals surface area contributed by atoms with Crippen LogP contribution in [0.1, 0.15) is 13.3 Å². The number of thiophene rings is 1. The predicted molar refractivity (Wildman–Crippen MR) is 65.2 cm³/mol. The Kier molecular flexibility index (Phi) is 3.63. The quantitative estimate of drug-likeness (QED) is 0.882. The Bertz CT molecular complexity index is 422. The van der Waals surface area contributed by atoms with Gasteiger partial charge >= 0.3 is 0 Å². The van der Waals surface area contributed by atoms with Crippen LogP contribution in [0.3, 0.4) is 0 Å². The van der Waals surface area contributed by atoms with Gasteiger partial charge in [0.2, 0.25) is 0 Å². The highest BCUT2D eigenvalue weighted by Crippen LogP contribution is 2.24. The maximum absolute atomic E-state index is 12.3. The van der Waals surface area contributed by atoms with Crippen LogP contribution in [0.2, 0.25) is 0 Å². The first-order valence-electron chi connectivity index (χ1n) is 5.42. The van der Waals surface area contributed by atoms with Crippen molar-refractivity contribution in [1.29, 1.82) is 0 Å². The van der Waals surface area contributed by atoms with Gasteiger partial charge in [-0.25, -0.2) is 8.42 Å². The van der Waals surface area contributed by atoms with E-state index in [2.05, 4.69) is 5.32 Å².